The van der Waals surface area contributed by atoms with Crippen LogP contribution in [0, 0.1) is 11.3 Å². The molecular formula is C17H24N2O. The lowest BCUT2D eigenvalue weighted by atomic mass is 9.95. The van der Waals surface area contributed by atoms with Crippen molar-refractivity contribution < 1.29 is 4.74 Å². The van der Waals surface area contributed by atoms with Crippen LogP contribution in [0.4, 0.5) is 0 Å². The second-order valence-electron chi connectivity index (χ2n) is 5.33. The van der Waals surface area contributed by atoms with Crippen molar-refractivity contribution in [1.29, 1.82) is 5.26 Å². The monoisotopic (exact) mass is 272 g/mol. The lowest BCUT2D eigenvalue weighted by molar-refractivity contribution is 0.117. The molecule has 1 aromatic rings. The van der Waals surface area contributed by atoms with Crippen LogP contribution in [0.1, 0.15) is 51.1 Å². The van der Waals surface area contributed by atoms with Crippen LogP contribution in [-0.4, -0.2) is 24.1 Å². The van der Waals surface area contributed by atoms with E-state index >= 15 is 0 Å². The first kappa shape index (κ1) is 14.9. The Morgan fingerprint density at radius 1 is 1.30 bits per heavy atom. The van der Waals surface area contributed by atoms with E-state index in [-0.39, 0.29) is 6.04 Å². The van der Waals surface area contributed by atoms with E-state index in [0.29, 0.717) is 12.6 Å². The van der Waals surface area contributed by atoms with Gasteiger partial charge in [-0.1, -0.05) is 25.5 Å². The van der Waals surface area contributed by atoms with Crippen LogP contribution in [0.25, 0.3) is 0 Å². The van der Waals surface area contributed by atoms with E-state index in [1.54, 1.807) is 0 Å². The SMILES string of the molecule is CCOc1ccc(C(C#N)N2CCCCC2CC)cc1. The molecule has 0 saturated carbocycles. The summed E-state index contributed by atoms with van der Waals surface area (Å²) in [6, 6.07) is 10.9. The van der Waals surface area contributed by atoms with Gasteiger partial charge in [0.1, 0.15) is 11.8 Å². The van der Waals surface area contributed by atoms with Gasteiger partial charge in [0.25, 0.3) is 0 Å². The molecule has 0 spiro atoms. The van der Waals surface area contributed by atoms with Crippen molar-refractivity contribution in [3.05, 3.63) is 29.8 Å². The van der Waals surface area contributed by atoms with E-state index in [1.165, 1.54) is 19.3 Å². The molecule has 0 amide bonds. The average Bonchev–Trinajstić information content (AvgIpc) is 2.50. The fourth-order valence-corrected chi connectivity index (χ4v) is 3.05. The Hall–Kier alpha value is -1.53. The van der Waals surface area contributed by atoms with Gasteiger partial charge in [0.2, 0.25) is 0 Å². The van der Waals surface area contributed by atoms with Gasteiger partial charge in [-0.3, -0.25) is 4.90 Å². The molecule has 0 radical (unpaired) electrons. The van der Waals surface area contributed by atoms with Crippen LogP contribution in [0.2, 0.25) is 0 Å². The van der Waals surface area contributed by atoms with Crippen molar-refractivity contribution in [2.24, 2.45) is 0 Å². The third-order valence-corrected chi connectivity index (χ3v) is 4.10. The zero-order valence-electron chi connectivity index (χ0n) is 12.5. The first-order valence-corrected chi connectivity index (χ1v) is 7.68. The molecule has 0 bridgehead atoms. The lowest BCUT2D eigenvalue weighted by Gasteiger charge is -2.38. The molecule has 3 nitrogen and oxygen atoms in total. The number of hydrogen-bond acceptors (Lipinski definition) is 3. The number of likely N-dealkylation sites (tertiary alicyclic amines) is 1. The number of nitriles is 1. The topological polar surface area (TPSA) is 36.3 Å². The zero-order chi connectivity index (χ0) is 14.4. The lowest BCUT2D eigenvalue weighted by Crippen LogP contribution is -2.41. The summed E-state index contributed by atoms with van der Waals surface area (Å²) in [5, 5.41) is 9.59. The van der Waals surface area contributed by atoms with Gasteiger partial charge in [-0.2, -0.15) is 5.26 Å². The average molecular weight is 272 g/mol. The normalized spacial score (nSPS) is 21.1. The zero-order valence-corrected chi connectivity index (χ0v) is 12.5. The van der Waals surface area contributed by atoms with Gasteiger partial charge < -0.3 is 4.74 Å². The molecule has 0 aromatic heterocycles. The molecule has 2 unspecified atom stereocenters. The molecule has 108 valence electrons. The Bertz CT molecular complexity index is 449. The molecule has 2 rings (SSSR count). The molecule has 1 aromatic carbocycles. The van der Waals surface area contributed by atoms with Gasteiger partial charge in [0.05, 0.1) is 12.7 Å². The summed E-state index contributed by atoms with van der Waals surface area (Å²) < 4.78 is 5.47. The molecular weight excluding hydrogens is 248 g/mol. The number of ether oxygens (including phenoxy) is 1. The van der Waals surface area contributed by atoms with E-state index in [9.17, 15) is 5.26 Å². The van der Waals surface area contributed by atoms with Crippen LogP contribution in [0.15, 0.2) is 24.3 Å². The standard InChI is InChI=1S/C17H24N2O/c1-3-15-7-5-6-12-19(15)17(13-18)14-8-10-16(11-9-14)20-4-2/h8-11,15,17H,3-7,12H2,1-2H3. The second kappa shape index (κ2) is 7.31. The highest BCUT2D eigenvalue weighted by molar-refractivity contribution is 5.32. The number of rotatable bonds is 5. The van der Waals surface area contributed by atoms with Gasteiger partial charge in [0.15, 0.2) is 0 Å². The second-order valence-corrected chi connectivity index (χ2v) is 5.33. The molecule has 1 heterocycles. The predicted octanol–water partition coefficient (Wildman–Crippen LogP) is 3.91. The highest BCUT2D eigenvalue weighted by Gasteiger charge is 2.28. The Kier molecular flexibility index (Phi) is 5.43. The van der Waals surface area contributed by atoms with E-state index in [4.69, 9.17) is 4.74 Å². The van der Waals surface area contributed by atoms with Gasteiger partial charge >= 0.3 is 0 Å². The molecule has 1 fully saturated rings. The highest BCUT2D eigenvalue weighted by Crippen LogP contribution is 2.30. The first-order valence-electron chi connectivity index (χ1n) is 7.68. The minimum absolute atomic E-state index is 0.129. The molecule has 3 heteroatoms. The first-order chi connectivity index (χ1) is 9.80. The number of nitrogens with zero attached hydrogens (tertiary/aromatic N) is 2. The summed E-state index contributed by atoms with van der Waals surface area (Å²) in [5.41, 5.74) is 1.08. The van der Waals surface area contributed by atoms with Crippen LogP contribution < -0.4 is 4.74 Å². The quantitative estimate of drug-likeness (QED) is 0.815. The molecule has 1 aliphatic heterocycles. The summed E-state index contributed by atoms with van der Waals surface area (Å²) in [6.07, 6.45) is 4.82. The van der Waals surface area contributed by atoms with Crippen molar-refractivity contribution in [2.75, 3.05) is 13.2 Å². The minimum Gasteiger partial charge on any atom is -0.494 e. The molecule has 20 heavy (non-hydrogen) atoms. The van der Waals surface area contributed by atoms with Crippen molar-refractivity contribution in [3.8, 4) is 11.8 Å². The van der Waals surface area contributed by atoms with Crippen LogP contribution in [0.3, 0.4) is 0 Å². The summed E-state index contributed by atoms with van der Waals surface area (Å²) in [6.45, 7) is 5.90. The van der Waals surface area contributed by atoms with Gasteiger partial charge in [-0.15, -0.1) is 0 Å². The Morgan fingerprint density at radius 2 is 2.05 bits per heavy atom. The predicted molar refractivity (Wildman–Crippen MR) is 80.6 cm³/mol. The van der Waals surface area contributed by atoms with Gasteiger partial charge in [0, 0.05) is 12.6 Å². The van der Waals surface area contributed by atoms with Gasteiger partial charge in [-0.05, 0) is 43.9 Å². The minimum atomic E-state index is -0.129. The van der Waals surface area contributed by atoms with Crippen molar-refractivity contribution in [3.63, 3.8) is 0 Å². The Balaban J connectivity index is 2.16. The molecule has 2 atom stereocenters. The fraction of sp³-hybridized carbons (Fsp3) is 0.588. The van der Waals surface area contributed by atoms with Gasteiger partial charge in [-0.25, -0.2) is 0 Å². The summed E-state index contributed by atoms with van der Waals surface area (Å²) >= 11 is 0. The van der Waals surface area contributed by atoms with Crippen molar-refractivity contribution in [2.45, 2.75) is 51.6 Å². The van der Waals surface area contributed by atoms with Crippen LogP contribution in [0.5, 0.6) is 5.75 Å². The van der Waals surface area contributed by atoms with E-state index in [0.717, 1.165) is 24.3 Å². The molecule has 1 saturated heterocycles. The highest BCUT2D eigenvalue weighted by atomic mass is 16.5. The molecule has 0 N–H and O–H groups in total. The number of piperidine rings is 1. The van der Waals surface area contributed by atoms with Crippen molar-refractivity contribution in [1.82, 2.24) is 4.90 Å². The summed E-state index contributed by atoms with van der Waals surface area (Å²) in [7, 11) is 0. The third kappa shape index (κ3) is 3.32. The van der Waals surface area contributed by atoms with E-state index in [2.05, 4.69) is 17.9 Å². The third-order valence-electron chi connectivity index (χ3n) is 4.10. The fourth-order valence-electron chi connectivity index (χ4n) is 3.05. The van der Waals surface area contributed by atoms with E-state index in [1.807, 2.05) is 31.2 Å². The number of hydrogen-bond donors (Lipinski definition) is 0. The van der Waals surface area contributed by atoms with Crippen molar-refractivity contribution >= 4 is 0 Å². The maximum atomic E-state index is 9.59. The molecule has 0 aliphatic carbocycles. The Morgan fingerprint density at radius 3 is 2.65 bits per heavy atom. The summed E-state index contributed by atoms with van der Waals surface area (Å²) in [5.74, 6) is 0.874. The molecule has 1 aliphatic rings. The number of benzene rings is 1. The van der Waals surface area contributed by atoms with Crippen LogP contribution in [-0.2, 0) is 0 Å². The van der Waals surface area contributed by atoms with E-state index < -0.39 is 0 Å². The maximum Gasteiger partial charge on any atom is 0.124 e. The Labute approximate surface area is 122 Å². The van der Waals surface area contributed by atoms with Crippen LogP contribution >= 0.6 is 0 Å². The maximum absolute atomic E-state index is 9.59. The largest absolute Gasteiger partial charge is 0.494 e. The summed E-state index contributed by atoms with van der Waals surface area (Å²) in [4.78, 5) is 2.37. The smallest absolute Gasteiger partial charge is 0.124 e.